The van der Waals surface area contributed by atoms with Crippen LogP contribution < -0.4 is 15.4 Å². The quantitative estimate of drug-likeness (QED) is 0.322. The second-order valence-electron chi connectivity index (χ2n) is 8.01. The molecule has 10 nitrogen and oxygen atoms in total. The highest BCUT2D eigenvalue weighted by molar-refractivity contribution is 6.30. The van der Waals surface area contributed by atoms with Gasteiger partial charge >= 0.3 is 11.8 Å². The highest BCUT2D eigenvalue weighted by atomic mass is 35.5. The van der Waals surface area contributed by atoms with E-state index in [1.165, 1.54) is 36.5 Å². The third-order valence-corrected chi connectivity index (χ3v) is 4.34. The molecular weight excluding hydrogens is 464 g/mol. The van der Waals surface area contributed by atoms with Crippen molar-refractivity contribution in [1.29, 1.82) is 0 Å². The number of carbonyl (C=O) groups excluding carboxylic acids is 2. The second kappa shape index (κ2) is 10.2. The lowest BCUT2D eigenvalue weighted by molar-refractivity contribution is -0.385. The number of hydrogen-bond acceptors (Lipinski definition) is 7. The Bertz CT molecular complexity index is 1210. The summed E-state index contributed by atoms with van der Waals surface area (Å²) >= 11 is 5.77. The van der Waals surface area contributed by atoms with Gasteiger partial charge in [0.15, 0.2) is 0 Å². The van der Waals surface area contributed by atoms with Crippen molar-refractivity contribution >= 4 is 40.8 Å². The number of aromatic nitrogens is 1. The Kier molecular flexibility index (Phi) is 7.32. The predicted molar refractivity (Wildman–Crippen MR) is 127 cm³/mol. The zero-order chi connectivity index (χ0) is 24.9. The van der Waals surface area contributed by atoms with Gasteiger partial charge in [-0.05, 0) is 69.3 Å². The molecule has 11 heteroatoms. The summed E-state index contributed by atoms with van der Waals surface area (Å²) in [6.07, 6.45) is 0.754. The van der Waals surface area contributed by atoms with Crippen LogP contribution in [0.4, 0.5) is 22.0 Å². The molecule has 34 heavy (non-hydrogen) atoms. The van der Waals surface area contributed by atoms with Crippen LogP contribution in [0.2, 0.25) is 5.02 Å². The minimum Gasteiger partial charge on any atom is -0.450 e. The molecular formula is C23H21ClN4O6. The van der Waals surface area contributed by atoms with E-state index in [1.807, 2.05) is 0 Å². The lowest BCUT2D eigenvalue weighted by atomic mass is 10.1. The first-order valence-corrected chi connectivity index (χ1v) is 10.4. The van der Waals surface area contributed by atoms with Crippen molar-refractivity contribution in [3.05, 3.63) is 81.5 Å². The van der Waals surface area contributed by atoms with Gasteiger partial charge in [0.05, 0.1) is 9.95 Å². The van der Waals surface area contributed by atoms with Crippen LogP contribution in [0.25, 0.3) is 0 Å². The first kappa shape index (κ1) is 24.5. The Balaban J connectivity index is 1.72. The summed E-state index contributed by atoms with van der Waals surface area (Å²) < 4.78 is 10.8. The number of nitro groups is 1. The smallest absolute Gasteiger partial charge is 0.412 e. The fraction of sp³-hybridized carbons (Fsp3) is 0.174. The number of pyridine rings is 1. The van der Waals surface area contributed by atoms with Gasteiger partial charge in [0.1, 0.15) is 17.2 Å². The van der Waals surface area contributed by atoms with Crippen LogP contribution in [-0.2, 0) is 4.74 Å². The van der Waals surface area contributed by atoms with Crippen LogP contribution >= 0.6 is 11.6 Å². The van der Waals surface area contributed by atoms with Gasteiger partial charge in [-0.2, -0.15) is 0 Å². The number of anilines is 2. The van der Waals surface area contributed by atoms with Gasteiger partial charge in [-0.25, -0.2) is 9.78 Å². The Hall–Kier alpha value is -4.18. The van der Waals surface area contributed by atoms with Crippen molar-refractivity contribution in [2.45, 2.75) is 26.4 Å². The zero-order valence-electron chi connectivity index (χ0n) is 18.5. The molecule has 1 aromatic heterocycles. The molecule has 0 fully saturated rings. The summed E-state index contributed by atoms with van der Waals surface area (Å²) in [7, 11) is 0. The average Bonchev–Trinajstić information content (AvgIpc) is 2.75. The zero-order valence-corrected chi connectivity index (χ0v) is 19.3. The van der Waals surface area contributed by atoms with Gasteiger partial charge in [0, 0.05) is 23.5 Å². The maximum atomic E-state index is 12.5. The normalized spacial score (nSPS) is 10.8. The van der Waals surface area contributed by atoms with E-state index in [0.717, 1.165) is 6.07 Å². The van der Waals surface area contributed by atoms with Crippen molar-refractivity contribution in [2.24, 2.45) is 0 Å². The van der Waals surface area contributed by atoms with Crippen LogP contribution in [-0.4, -0.2) is 27.5 Å². The first-order chi connectivity index (χ1) is 16.0. The molecule has 0 spiro atoms. The lowest BCUT2D eigenvalue weighted by Gasteiger charge is -2.19. The number of halogens is 1. The van der Waals surface area contributed by atoms with Gasteiger partial charge in [0.2, 0.25) is 5.75 Å². The van der Waals surface area contributed by atoms with Gasteiger partial charge in [-0.1, -0.05) is 11.6 Å². The third kappa shape index (κ3) is 6.91. The maximum absolute atomic E-state index is 12.5. The number of nitro benzene ring substituents is 1. The highest BCUT2D eigenvalue weighted by Crippen LogP contribution is 2.33. The SMILES string of the molecule is CC(C)(C)OC(=O)Nc1ccc(Oc2ccc(C(=O)Nc3ccc(Cl)cn3)cc2[N+](=O)[O-])cc1. The Labute approximate surface area is 200 Å². The lowest BCUT2D eigenvalue weighted by Crippen LogP contribution is -2.27. The average molecular weight is 485 g/mol. The van der Waals surface area contributed by atoms with Gasteiger partial charge in [-0.15, -0.1) is 0 Å². The van der Waals surface area contributed by atoms with E-state index in [4.69, 9.17) is 21.1 Å². The fourth-order valence-electron chi connectivity index (χ4n) is 2.68. The molecule has 2 N–H and O–H groups in total. The molecule has 0 saturated heterocycles. The molecule has 0 aliphatic carbocycles. The third-order valence-electron chi connectivity index (χ3n) is 4.11. The number of benzene rings is 2. The molecule has 2 amide bonds. The number of nitrogens with zero attached hydrogens (tertiary/aromatic N) is 2. The van der Waals surface area contributed by atoms with Crippen molar-refractivity contribution in [1.82, 2.24) is 4.98 Å². The Morgan fingerprint density at radius 1 is 1.03 bits per heavy atom. The maximum Gasteiger partial charge on any atom is 0.412 e. The van der Waals surface area contributed by atoms with E-state index in [-0.39, 0.29) is 17.1 Å². The van der Waals surface area contributed by atoms with Gasteiger partial charge in [0.25, 0.3) is 5.91 Å². The van der Waals surface area contributed by atoms with E-state index in [0.29, 0.717) is 16.5 Å². The number of ether oxygens (including phenoxy) is 2. The van der Waals surface area contributed by atoms with E-state index in [1.54, 1.807) is 39.0 Å². The summed E-state index contributed by atoms with van der Waals surface area (Å²) in [5, 5.41) is 17.1. The number of amides is 2. The summed E-state index contributed by atoms with van der Waals surface area (Å²) in [4.78, 5) is 39.2. The molecule has 1 heterocycles. The summed E-state index contributed by atoms with van der Waals surface area (Å²) in [5.41, 5.74) is -0.528. The molecule has 0 saturated carbocycles. The number of rotatable bonds is 6. The highest BCUT2D eigenvalue weighted by Gasteiger charge is 2.20. The minimum absolute atomic E-state index is 0.0488. The van der Waals surface area contributed by atoms with Crippen molar-refractivity contribution < 1.29 is 24.0 Å². The Morgan fingerprint density at radius 2 is 1.74 bits per heavy atom. The van der Waals surface area contributed by atoms with Gasteiger partial charge in [-0.3, -0.25) is 20.2 Å². The molecule has 3 aromatic rings. The fourth-order valence-corrected chi connectivity index (χ4v) is 2.79. The van der Waals surface area contributed by atoms with Crippen LogP contribution in [0.1, 0.15) is 31.1 Å². The molecule has 0 atom stereocenters. The van der Waals surface area contributed by atoms with E-state index in [2.05, 4.69) is 15.6 Å². The number of carbonyl (C=O) groups is 2. The van der Waals surface area contributed by atoms with Crippen LogP contribution in [0.5, 0.6) is 11.5 Å². The Morgan fingerprint density at radius 3 is 2.32 bits per heavy atom. The van der Waals surface area contributed by atoms with Crippen LogP contribution in [0.15, 0.2) is 60.8 Å². The number of nitrogens with one attached hydrogen (secondary N) is 2. The van der Waals surface area contributed by atoms with Crippen molar-refractivity contribution in [3.8, 4) is 11.5 Å². The summed E-state index contributed by atoms with van der Waals surface area (Å²) in [5.74, 6) is -0.0982. The molecule has 176 valence electrons. The van der Waals surface area contributed by atoms with Crippen molar-refractivity contribution in [3.63, 3.8) is 0 Å². The van der Waals surface area contributed by atoms with E-state index in [9.17, 15) is 19.7 Å². The standard InChI is InChI=1S/C23H21ClN4O6/c1-23(2,3)34-22(30)26-16-6-8-17(9-7-16)33-19-10-4-14(12-18(19)28(31)32)21(29)27-20-11-5-15(24)13-25-20/h4-13H,1-3H3,(H,26,30)(H,25,27,29). The molecule has 0 unspecified atom stereocenters. The summed E-state index contributed by atoms with van der Waals surface area (Å²) in [6, 6.07) is 13.1. The monoisotopic (exact) mass is 484 g/mol. The van der Waals surface area contributed by atoms with Crippen LogP contribution in [0, 0.1) is 10.1 Å². The predicted octanol–water partition coefficient (Wildman–Crippen LogP) is 6.03. The minimum atomic E-state index is -0.648. The summed E-state index contributed by atoms with van der Waals surface area (Å²) in [6.45, 7) is 5.25. The van der Waals surface area contributed by atoms with E-state index >= 15 is 0 Å². The second-order valence-corrected chi connectivity index (χ2v) is 8.45. The van der Waals surface area contributed by atoms with Crippen LogP contribution in [0.3, 0.4) is 0 Å². The molecule has 3 rings (SSSR count). The van der Waals surface area contributed by atoms with E-state index < -0.39 is 28.2 Å². The molecule has 0 aliphatic rings. The molecule has 0 aliphatic heterocycles. The molecule has 2 aromatic carbocycles. The van der Waals surface area contributed by atoms with Crippen molar-refractivity contribution in [2.75, 3.05) is 10.6 Å². The molecule has 0 bridgehead atoms. The first-order valence-electron chi connectivity index (χ1n) is 9.99. The topological polar surface area (TPSA) is 133 Å². The van der Waals surface area contributed by atoms with Gasteiger partial charge < -0.3 is 14.8 Å². The molecule has 0 radical (unpaired) electrons. The largest absolute Gasteiger partial charge is 0.450 e. The number of hydrogen-bond donors (Lipinski definition) is 2.